The summed E-state index contributed by atoms with van der Waals surface area (Å²) in [5.41, 5.74) is 6.83. The van der Waals surface area contributed by atoms with Crippen LogP contribution in [0.2, 0.25) is 0 Å². The average molecular weight is 345 g/mol. The summed E-state index contributed by atoms with van der Waals surface area (Å²) < 4.78 is 5.80. The Morgan fingerprint density at radius 1 is 1.32 bits per heavy atom. The Balaban J connectivity index is 2.26. The summed E-state index contributed by atoms with van der Waals surface area (Å²) in [4.78, 5) is 19.2. The molecule has 0 saturated heterocycles. The van der Waals surface area contributed by atoms with E-state index in [-0.39, 0.29) is 18.0 Å². The normalized spacial score (nSPS) is 11.3. The molecule has 0 unspecified atom stereocenters. The van der Waals surface area contributed by atoms with E-state index in [2.05, 4.69) is 4.98 Å². The first kappa shape index (κ1) is 18.8. The number of guanidine groups is 1. The number of aromatic nitrogens is 1. The van der Waals surface area contributed by atoms with Crippen LogP contribution >= 0.6 is 0 Å². The van der Waals surface area contributed by atoms with E-state index < -0.39 is 0 Å². The number of carbonyl (C=O) groups excluding carboxylic acids is 1. The van der Waals surface area contributed by atoms with Crippen molar-refractivity contribution in [1.29, 1.82) is 5.41 Å². The van der Waals surface area contributed by atoms with Crippen molar-refractivity contribution >= 4 is 22.8 Å². The van der Waals surface area contributed by atoms with Crippen LogP contribution < -0.4 is 10.5 Å². The van der Waals surface area contributed by atoms with Gasteiger partial charge in [-0.05, 0) is 59.1 Å². The Bertz CT molecular complexity index is 751. The van der Waals surface area contributed by atoms with E-state index in [1.54, 1.807) is 6.07 Å². The van der Waals surface area contributed by atoms with Gasteiger partial charge in [-0.15, -0.1) is 0 Å². The Morgan fingerprint density at radius 2 is 2.04 bits per heavy atom. The summed E-state index contributed by atoms with van der Waals surface area (Å²) in [6.07, 6.45) is 0.777. The number of aromatic amines is 1. The minimum Gasteiger partial charge on any atom is -0.490 e. The molecule has 25 heavy (non-hydrogen) atoms. The first-order valence-corrected chi connectivity index (χ1v) is 8.38. The summed E-state index contributed by atoms with van der Waals surface area (Å²) in [7, 11) is 3.93. The zero-order chi connectivity index (χ0) is 18.6. The van der Waals surface area contributed by atoms with Gasteiger partial charge in [0, 0.05) is 17.4 Å². The quantitative estimate of drug-likeness (QED) is 0.529. The number of amides is 1. The Kier molecular flexibility index (Phi) is 6.03. The van der Waals surface area contributed by atoms with Crippen molar-refractivity contribution in [3.8, 4) is 5.75 Å². The van der Waals surface area contributed by atoms with Crippen LogP contribution in [-0.2, 0) is 0 Å². The fourth-order valence-electron chi connectivity index (χ4n) is 2.62. The second-order valence-electron chi connectivity index (χ2n) is 6.57. The van der Waals surface area contributed by atoms with Gasteiger partial charge in [-0.1, -0.05) is 6.07 Å². The van der Waals surface area contributed by atoms with Gasteiger partial charge >= 0.3 is 0 Å². The molecule has 0 atom stereocenters. The molecule has 2 rings (SSSR count). The van der Waals surface area contributed by atoms with Gasteiger partial charge in [0.1, 0.15) is 11.4 Å². The van der Waals surface area contributed by atoms with Crippen LogP contribution in [0.1, 0.15) is 30.8 Å². The molecule has 7 nitrogen and oxygen atoms in total. The fraction of sp³-hybridized carbons (Fsp3) is 0.444. The molecule has 1 heterocycles. The molecule has 1 aromatic heterocycles. The van der Waals surface area contributed by atoms with E-state index in [1.165, 1.54) is 4.90 Å². The predicted octanol–water partition coefficient (Wildman–Crippen LogP) is 2.24. The summed E-state index contributed by atoms with van der Waals surface area (Å²) >= 11 is 0. The van der Waals surface area contributed by atoms with E-state index in [9.17, 15) is 4.79 Å². The summed E-state index contributed by atoms with van der Waals surface area (Å²) in [6, 6.07) is 7.41. The van der Waals surface area contributed by atoms with E-state index in [0.29, 0.717) is 12.2 Å². The van der Waals surface area contributed by atoms with Crippen LogP contribution in [-0.4, -0.2) is 59.9 Å². The molecule has 2 aromatic rings. The first-order chi connectivity index (χ1) is 11.8. The van der Waals surface area contributed by atoms with E-state index in [0.717, 1.165) is 29.6 Å². The third kappa shape index (κ3) is 4.73. The van der Waals surface area contributed by atoms with Crippen LogP contribution in [0.4, 0.5) is 0 Å². The molecule has 0 aliphatic heterocycles. The molecule has 0 saturated carbocycles. The lowest BCUT2D eigenvalue weighted by atomic mass is 10.2. The Morgan fingerprint density at radius 3 is 2.64 bits per heavy atom. The molecule has 1 aromatic carbocycles. The van der Waals surface area contributed by atoms with Crippen LogP contribution in [0.15, 0.2) is 24.3 Å². The number of nitrogens with one attached hydrogen (secondary N) is 2. The van der Waals surface area contributed by atoms with Gasteiger partial charge in [-0.3, -0.25) is 15.1 Å². The zero-order valence-corrected chi connectivity index (χ0v) is 15.3. The number of fused-ring (bicyclic) bond motifs is 1. The van der Waals surface area contributed by atoms with Crippen LogP contribution in [0.3, 0.4) is 0 Å². The third-order valence-corrected chi connectivity index (χ3v) is 3.74. The number of H-pyrrole nitrogens is 1. The molecule has 7 heteroatoms. The van der Waals surface area contributed by atoms with Crippen molar-refractivity contribution in [1.82, 2.24) is 14.8 Å². The molecule has 1 amide bonds. The van der Waals surface area contributed by atoms with Crippen molar-refractivity contribution < 1.29 is 9.53 Å². The highest BCUT2D eigenvalue weighted by Crippen LogP contribution is 2.27. The zero-order valence-electron chi connectivity index (χ0n) is 15.3. The first-order valence-electron chi connectivity index (χ1n) is 8.38. The van der Waals surface area contributed by atoms with Gasteiger partial charge < -0.3 is 20.4 Å². The molecule has 4 N–H and O–H groups in total. The highest BCUT2D eigenvalue weighted by Gasteiger charge is 2.21. The van der Waals surface area contributed by atoms with Crippen molar-refractivity contribution in [2.45, 2.75) is 26.4 Å². The van der Waals surface area contributed by atoms with Gasteiger partial charge in [0.05, 0.1) is 6.10 Å². The largest absolute Gasteiger partial charge is 0.490 e. The Labute approximate surface area is 148 Å². The van der Waals surface area contributed by atoms with Gasteiger partial charge in [0.25, 0.3) is 5.91 Å². The van der Waals surface area contributed by atoms with Crippen LogP contribution in [0, 0.1) is 5.41 Å². The number of nitrogens with zero attached hydrogens (tertiary/aromatic N) is 2. The molecular formula is C18H27N5O2. The SMILES string of the molecule is CC(C)Oc1cccc2[nH]c(C(=O)N(CCCN(C)C)C(=N)N)cc12. The molecule has 0 spiro atoms. The molecule has 0 fully saturated rings. The lowest BCUT2D eigenvalue weighted by Crippen LogP contribution is -2.42. The number of hydrogen-bond donors (Lipinski definition) is 3. The summed E-state index contributed by atoms with van der Waals surface area (Å²) in [6.45, 7) is 5.13. The van der Waals surface area contributed by atoms with Crippen molar-refractivity contribution in [3.05, 3.63) is 30.0 Å². The maximum atomic E-state index is 12.8. The van der Waals surface area contributed by atoms with Gasteiger partial charge in [0.2, 0.25) is 0 Å². The number of hydrogen-bond acceptors (Lipinski definition) is 4. The smallest absolute Gasteiger partial charge is 0.277 e. The van der Waals surface area contributed by atoms with E-state index in [4.69, 9.17) is 15.9 Å². The summed E-state index contributed by atoms with van der Waals surface area (Å²) in [5, 5.41) is 8.56. The Hall–Kier alpha value is -2.54. The lowest BCUT2D eigenvalue weighted by molar-refractivity contribution is 0.0837. The average Bonchev–Trinajstić information content (AvgIpc) is 2.95. The van der Waals surface area contributed by atoms with Crippen LogP contribution in [0.5, 0.6) is 5.75 Å². The molecule has 0 bridgehead atoms. The minimum absolute atomic E-state index is 0.0411. The number of benzene rings is 1. The van der Waals surface area contributed by atoms with Gasteiger partial charge in [-0.2, -0.15) is 0 Å². The number of carbonyl (C=O) groups is 1. The maximum absolute atomic E-state index is 12.8. The van der Waals surface area contributed by atoms with E-state index in [1.807, 2.05) is 51.0 Å². The third-order valence-electron chi connectivity index (χ3n) is 3.74. The van der Waals surface area contributed by atoms with Gasteiger partial charge in [0.15, 0.2) is 5.96 Å². The molecule has 0 aliphatic carbocycles. The summed E-state index contributed by atoms with van der Waals surface area (Å²) in [5.74, 6) is 0.170. The van der Waals surface area contributed by atoms with Crippen molar-refractivity contribution in [3.63, 3.8) is 0 Å². The maximum Gasteiger partial charge on any atom is 0.277 e. The van der Waals surface area contributed by atoms with Crippen LogP contribution in [0.25, 0.3) is 10.9 Å². The van der Waals surface area contributed by atoms with Gasteiger partial charge in [-0.25, -0.2) is 0 Å². The molecule has 0 aliphatic rings. The highest BCUT2D eigenvalue weighted by atomic mass is 16.5. The second-order valence-corrected chi connectivity index (χ2v) is 6.57. The van der Waals surface area contributed by atoms with Crippen molar-refractivity contribution in [2.24, 2.45) is 5.73 Å². The minimum atomic E-state index is -0.307. The molecular weight excluding hydrogens is 318 g/mol. The predicted molar refractivity (Wildman–Crippen MR) is 100 cm³/mol. The monoisotopic (exact) mass is 345 g/mol. The fourth-order valence-corrected chi connectivity index (χ4v) is 2.62. The number of ether oxygens (including phenoxy) is 1. The molecule has 0 radical (unpaired) electrons. The second kappa shape index (κ2) is 8.02. The number of nitrogens with two attached hydrogens (primary N) is 1. The standard InChI is InChI=1S/C18H27N5O2/c1-12(2)25-16-8-5-7-14-13(16)11-15(21-14)17(24)23(18(19)20)10-6-9-22(3)4/h5,7-8,11-12,21H,6,9-10H2,1-4H3,(H3,19,20). The highest BCUT2D eigenvalue weighted by molar-refractivity contribution is 6.06. The topological polar surface area (TPSA) is 98.4 Å². The lowest BCUT2D eigenvalue weighted by Gasteiger charge is -2.21. The molecule has 136 valence electrons. The van der Waals surface area contributed by atoms with Crippen molar-refractivity contribution in [2.75, 3.05) is 27.2 Å². The number of rotatable bonds is 7. The van der Waals surface area contributed by atoms with E-state index >= 15 is 0 Å².